The van der Waals surface area contributed by atoms with Crippen molar-refractivity contribution < 1.29 is 23.5 Å². The van der Waals surface area contributed by atoms with Gasteiger partial charge in [0.25, 0.3) is 0 Å². The number of para-hydroxylation sites is 1. The van der Waals surface area contributed by atoms with Gasteiger partial charge in [0.05, 0.1) is 24.5 Å². The van der Waals surface area contributed by atoms with Gasteiger partial charge in [0.15, 0.2) is 0 Å². The number of anilines is 1. The molecule has 182 valence electrons. The molecule has 7 nitrogen and oxygen atoms in total. The van der Waals surface area contributed by atoms with Crippen LogP contribution in [0.2, 0.25) is 0 Å². The number of methoxy groups -OCH3 is 1. The Labute approximate surface area is 203 Å². The number of piperidine rings is 1. The summed E-state index contributed by atoms with van der Waals surface area (Å²) in [5.41, 5.74) is 1.37. The number of amides is 3. The van der Waals surface area contributed by atoms with Crippen molar-refractivity contribution in [1.29, 1.82) is 0 Å². The van der Waals surface area contributed by atoms with Gasteiger partial charge in [-0.1, -0.05) is 18.2 Å². The summed E-state index contributed by atoms with van der Waals surface area (Å²) in [5.74, 6) is 0.115. The van der Waals surface area contributed by atoms with Crippen LogP contribution >= 0.6 is 11.8 Å². The molecule has 0 saturated carbocycles. The van der Waals surface area contributed by atoms with Crippen LogP contribution in [0.4, 0.5) is 10.1 Å². The van der Waals surface area contributed by atoms with E-state index in [1.165, 1.54) is 36.0 Å². The van der Waals surface area contributed by atoms with Crippen LogP contribution in [0.3, 0.4) is 0 Å². The second-order valence-corrected chi connectivity index (χ2v) is 9.49. The third kappa shape index (κ3) is 7.48. The molecular weight excluding hydrogens is 457 g/mol. The number of nitrogens with zero attached hydrogens (tertiary/aromatic N) is 1. The Bertz CT molecular complexity index is 994. The van der Waals surface area contributed by atoms with Gasteiger partial charge in [-0.3, -0.25) is 14.4 Å². The lowest BCUT2D eigenvalue weighted by molar-refractivity contribution is -0.131. The molecule has 3 rings (SSSR count). The standard InChI is InChI=1S/C25H30FN3O4S/c1-17(34-16-23(30)27-20-9-7-19(26)8-10-20)25(32)28-21-11-13-29(14-12-21)24(31)15-18-5-3-4-6-22(18)33-2/h3-10,17,21H,11-16H2,1-2H3,(H,27,30)(H,28,32). The molecule has 1 aliphatic rings. The maximum Gasteiger partial charge on any atom is 0.234 e. The Balaban J connectivity index is 1.37. The Morgan fingerprint density at radius 3 is 2.47 bits per heavy atom. The zero-order chi connectivity index (χ0) is 24.5. The molecule has 1 atom stereocenters. The molecule has 1 heterocycles. The first-order valence-electron chi connectivity index (χ1n) is 11.2. The van der Waals surface area contributed by atoms with Gasteiger partial charge in [0.2, 0.25) is 17.7 Å². The molecule has 9 heteroatoms. The molecule has 1 unspecified atom stereocenters. The Kier molecular flexibility index (Phi) is 9.33. The molecule has 0 spiro atoms. The minimum absolute atomic E-state index is 0.00102. The number of thioether (sulfide) groups is 1. The highest BCUT2D eigenvalue weighted by molar-refractivity contribution is 8.01. The minimum Gasteiger partial charge on any atom is -0.496 e. The zero-order valence-electron chi connectivity index (χ0n) is 19.4. The zero-order valence-corrected chi connectivity index (χ0v) is 20.2. The summed E-state index contributed by atoms with van der Waals surface area (Å²) in [5, 5.41) is 5.32. The van der Waals surface area contributed by atoms with Crippen molar-refractivity contribution in [3.8, 4) is 5.75 Å². The first-order valence-corrected chi connectivity index (χ1v) is 12.3. The van der Waals surface area contributed by atoms with Crippen LogP contribution < -0.4 is 15.4 Å². The highest BCUT2D eigenvalue weighted by Gasteiger charge is 2.26. The molecule has 0 aromatic heterocycles. The summed E-state index contributed by atoms with van der Waals surface area (Å²) in [6.07, 6.45) is 1.66. The number of carbonyl (C=O) groups is 3. The third-order valence-corrected chi connectivity index (χ3v) is 6.83. The van der Waals surface area contributed by atoms with E-state index in [0.29, 0.717) is 37.4 Å². The fraction of sp³-hybridized carbons (Fsp3) is 0.400. The van der Waals surface area contributed by atoms with Gasteiger partial charge >= 0.3 is 0 Å². The van der Waals surface area contributed by atoms with E-state index in [-0.39, 0.29) is 41.8 Å². The maximum atomic E-state index is 13.0. The Morgan fingerprint density at radius 2 is 1.79 bits per heavy atom. The van der Waals surface area contributed by atoms with Crippen molar-refractivity contribution >= 4 is 35.2 Å². The lowest BCUT2D eigenvalue weighted by Gasteiger charge is -2.33. The van der Waals surface area contributed by atoms with Crippen molar-refractivity contribution in [2.75, 3.05) is 31.3 Å². The third-order valence-electron chi connectivity index (χ3n) is 5.69. The van der Waals surface area contributed by atoms with E-state index >= 15 is 0 Å². The van der Waals surface area contributed by atoms with Crippen molar-refractivity contribution in [1.82, 2.24) is 10.2 Å². The average Bonchev–Trinajstić information content (AvgIpc) is 2.84. The van der Waals surface area contributed by atoms with E-state index in [0.717, 1.165) is 5.56 Å². The fourth-order valence-corrected chi connectivity index (χ4v) is 4.42. The van der Waals surface area contributed by atoms with Crippen LogP contribution in [-0.2, 0) is 20.8 Å². The largest absolute Gasteiger partial charge is 0.496 e. The Hall–Kier alpha value is -3.07. The van der Waals surface area contributed by atoms with Gasteiger partial charge in [0.1, 0.15) is 11.6 Å². The highest BCUT2D eigenvalue weighted by Crippen LogP contribution is 2.20. The summed E-state index contributed by atoms with van der Waals surface area (Å²) < 4.78 is 18.3. The summed E-state index contributed by atoms with van der Waals surface area (Å²) >= 11 is 1.24. The van der Waals surface area contributed by atoms with E-state index in [1.54, 1.807) is 14.0 Å². The molecule has 0 bridgehead atoms. The number of ether oxygens (including phenoxy) is 1. The van der Waals surface area contributed by atoms with E-state index < -0.39 is 5.25 Å². The number of likely N-dealkylation sites (tertiary alicyclic amines) is 1. The van der Waals surface area contributed by atoms with Crippen LogP contribution in [0.15, 0.2) is 48.5 Å². The molecule has 2 N–H and O–H groups in total. The SMILES string of the molecule is COc1ccccc1CC(=O)N1CCC(NC(=O)C(C)SCC(=O)Nc2ccc(F)cc2)CC1. The lowest BCUT2D eigenvalue weighted by Crippen LogP contribution is -2.48. The molecule has 3 amide bonds. The van der Waals surface area contributed by atoms with E-state index in [2.05, 4.69) is 10.6 Å². The summed E-state index contributed by atoms with van der Waals surface area (Å²) in [7, 11) is 1.59. The molecule has 1 saturated heterocycles. The monoisotopic (exact) mass is 487 g/mol. The molecule has 1 fully saturated rings. The van der Waals surface area contributed by atoms with E-state index in [9.17, 15) is 18.8 Å². The molecular formula is C25H30FN3O4S. The molecule has 0 radical (unpaired) electrons. The topological polar surface area (TPSA) is 87.7 Å². The Morgan fingerprint density at radius 1 is 1.12 bits per heavy atom. The number of benzene rings is 2. The van der Waals surface area contributed by atoms with Gasteiger partial charge in [-0.2, -0.15) is 0 Å². The van der Waals surface area contributed by atoms with Gasteiger partial charge in [-0.05, 0) is 50.1 Å². The van der Waals surface area contributed by atoms with Crippen LogP contribution in [0.5, 0.6) is 5.75 Å². The predicted molar refractivity (Wildman–Crippen MR) is 131 cm³/mol. The molecule has 0 aliphatic carbocycles. The number of carbonyl (C=O) groups excluding carboxylic acids is 3. The van der Waals surface area contributed by atoms with E-state index in [4.69, 9.17) is 4.74 Å². The molecule has 34 heavy (non-hydrogen) atoms. The summed E-state index contributed by atoms with van der Waals surface area (Å²) in [6.45, 7) is 2.93. The molecule has 1 aliphatic heterocycles. The van der Waals surface area contributed by atoms with Gasteiger partial charge < -0.3 is 20.3 Å². The van der Waals surface area contributed by atoms with Crippen LogP contribution in [-0.4, -0.2) is 59.9 Å². The summed E-state index contributed by atoms with van der Waals surface area (Å²) in [6, 6.07) is 13.0. The smallest absolute Gasteiger partial charge is 0.234 e. The number of nitrogens with one attached hydrogen (secondary N) is 2. The minimum atomic E-state index is -0.399. The predicted octanol–water partition coefficient (Wildman–Crippen LogP) is 3.24. The lowest BCUT2D eigenvalue weighted by atomic mass is 10.0. The second kappa shape index (κ2) is 12.4. The maximum absolute atomic E-state index is 13.0. The van der Waals surface area contributed by atoms with Crippen molar-refractivity contribution in [3.05, 3.63) is 59.9 Å². The van der Waals surface area contributed by atoms with Crippen LogP contribution in [0.1, 0.15) is 25.3 Å². The average molecular weight is 488 g/mol. The van der Waals surface area contributed by atoms with Crippen molar-refractivity contribution in [2.24, 2.45) is 0 Å². The normalized spacial score (nSPS) is 14.9. The van der Waals surface area contributed by atoms with Crippen molar-refractivity contribution in [3.63, 3.8) is 0 Å². The van der Waals surface area contributed by atoms with Crippen LogP contribution in [0.25, 0.3) is 0 Å². The number of rotatable bonds is 9. The van der Waals surface area contributed by atoms with Crippen LogP contribution in [0, 0.1) is 5.82 Å². The van der Waals surface area contributed by atoms with Crippen molar-refractivity contribution in [2.45, 2.75) is 37.5 Å². The van der Waals surface area contributed by atoms with Gasteiger partial charge in [-0.25, -0.2) is 4.39 Å². The number of hydrogen-bond acceptors (Lipinski definition) is 5. The molecule has 2 aromatic rings. The molecule has 2 aromatic carbocycles. The summed E-state index contributed by atoms with van der Waals surface area (Å²) in [4.78, 5) is 39.1. The van der Waals surface area contributed by atoms with E-state index in [1.807, 2.05) is 29.2 Å². The second-order valence-electron chi connectivity index (χ2n) is 8.16. The van der Waals surface area contributed by atoms with Gasteiger partial charge in [0, 0.05) is 30.4 Å². The highest BCUT2D eigenvalue weighted by atomic mass is 32.2. The fourth-order valence-electron chi connectivity index (χ4n) is 3.72. The first-order chi connectivity index (χ1) is 16.4. The number of halogens is 1. The first kappa shape index (κ1) is 25.6. The number of hydrogen-bond donors (Lipinski definition) is 2. The van der Waals surface area contributed by atoms with Gasteiger partial charge in [-0.15, -0.1) is 11.8 Å². The quantitative estimate of drug-likeness (QED) is 0.567.